The molecule has 0 spiro atoms. The lowest BCUT2D eigenvalue weighted by molar-refractivity contribution is 0.0495. The van der Waals surface area contributed by atoms with Crippen molar-refractivity contribution >= 4 is 45.1 Å². The van der Waals surface area contributed by atoms with Crippen LogP contribution in [0.15, 0.2) is 4.47 Å². The molecule has 0 unspecified atom stereocenters. The molecule has 1 aromatic heterocycles. The minimum Gasteiger partial charge on any atom is -0.368 e. The summed E-state index contributed by atoms with van der Waals surface area (Å²) in [6.07, 6.45) is 3.10. The van der Waals surface area contributed by atoms with Crippen LogP contribution in [-0.4, -0.2) is 11.0 Å². The molecule has 7 heteroatoms. The number of hydrogen-bond acceptors (Lipinski definition) is 4. The number of carbonyl (C=O) groups is 1. The molecule has 0 radical (unpaired) electrons. The summed E-state index contributed by atoms with van der Waals surface area (Å²) in [4.78, 5) is 19.4. The first-order valence-electron chi connectivity index (χ1n) is 4.99. The molecule has 0 atom stereocenters. The minimum absolute atomic E-state index is 0.0533. The van der Waals surface area contributed by atoms with E-state index in [2.05, 4.69) is 25.8 Å². The van der Waals surface area contributed by atoms with Crippen LogP contribution in [0.1, 0.15) is 28.9 Å². The summed E-state index contributed by atoms with van der Waals surface area (Å²) >= 11 is 15.3. The zero-order chi connectivity index (χ0) is 12.6. The number of carbonyl (C=O) groups excluding carboxylic acids is 1. The normalized spacial score (nSPS) is 14.8. The van der Waals surface area contributed by atoms with Crippen LogP contribution in [0.4, 0.5) is 0 Å². The van der Waals surface area contributed by atoms with Crippen LogP contribution in [0.2, 0.25) is 10.2 Å². The van der Waals surface area contributed by atoms with Crippen molar-refractivity contribution in [1.82, 2.24) is 4.98 Å². The molecule has 1 heterocycles. The number of pyridine rings is 1. The fourth-order valence-electron chi connectivity index (χ4n) is 1.54. The van der Waals surface area contributed by atoms with Crippen LogP contribution in [0.5, 0.6) is 0 Å². The maximum Gasteiger partial charge on any atom is 0.376 e. The van der Waals surface area contributed by atoms with Crippen molar-refractivity contribution in [3.05, 3.63) is 25.9 Å². The number of halogens is 3. The maximum absolute atomic E-state index is 11.4. The number of nitrogens with two attached hydrogens (primary N) is 1. The second-order valence-corrected chi connectivity index (χ2v) is 5.44. The van der Waals surface area contributed by atoms with Crippen molar-refractivity contribution in [3.63, 3.8) is 0 Å². The quantitative estimate of drug-likeness (QED) is 0.678. The van der Waals surface area contributed by atoms with Gasteiger partial charge >= 0.3 is 5.97 Å². The van der Waals surface area contributed by atoms with Crippen molar-refractivity contribution < 1.29 is 9.63 Å². The van der Waals surface area contributed by atoms with Gasteiger partial charge in [-0.25, -0.2) is 9.78 Å². The van der Waals surface area contributed by atoms with Gasteiger partial charge in [0.15, 0.2) is 5.69 Å². The van der Waals surface area contributed by atoms with Crippen molar-refractivity contribution in [2.75, 3.05) is 0 Å². The number of aromatic nitrogens is 1. The van der Waals surface area contributed by atoms with E-state index in [1.54, 1.807) is 0 Å². The van der Waals surface area contributed by atoms with Gasteiger partial charge < -0.3 is 4.84 Å². The molecule has 1 aromatic rings. The molecule has 2 N–H and O–H groups in total. The highest BCUT2D eigenvalue weighted by atomic mass is 79.9. The Kier molecular flexibility index (Phi) is 3.92. The van der Waals surface area contributed by atoms with Gasteiger partial charge in [-0.3, -0.25) is 0 Å². The first kappa shape index (κ1) is 13.1. The third-order valence-electron chi connectivity index (χ3n) is 2.62. The van der Waals surface area contributed by atoms with Gasteiger partial charge in [0, 0.05) is 0 Å². The predicted molar refractivity (Wildman–Crippen MR) is 68.0 cm³/mol. The van der Waals surface area contributed by atoms with Crippen molar-refractivity contribution in [2.24, 2.45) is 11.8 Å². The molecular formula is C10H9BrCl2N2O2. The molecular weight excluding hydrogens is 331 g/mol. The monoisotopic (exact) mass is 338 g/mol. The predicted octanol–water partition coefficient (Wildman–Crippen LogP) is 3.13. The van der Waals surface area contributed by atoms with E-state index in [-0.39, 0.29) is 10.8 Å². The maximum atomic E-state index is 11.4. The number of rotatable bonds is 3. The van der Waals surface area contributed by atoms with Crippen molar-refractivity contribution in [3.8, 4) is 0 Å². The largest absolute Gasteiger partial charge is 0.376 e. The van der Waals surface area contributed by atoms with Gasteiger partial charge in [0.05, 0.1) is 9.50 Å². The second-order valence-electron chi connectivity index (χ2n) is 3.91. The van der Waals surface area contributed by atoms with Gasteiger partial charge in [-0.15, -0.1) is 0 Å². The van der Waals surface area contributed by atoms with Gasteiger partial charge in [-0.05, 0) is 46.7 Å². The molecule has 17 heavy (non-hydrogen) atoms. The smallest absolute Gasteiger partial charge is 0.368 e. The van der Waals surface area contributed by atoms with Crippen molar-refractivity contribution in [1.29, 1.82) is 0 Å². The molecule has 2 rings (SSSR count). The molecule has 1 saturated carbocycles. The number of nitrogens with zero attached hydrogens (tertiary/aromatic N) is 1. The van der Waals surface area contributed by atoms with E-state index < -0.39 is 5.97 Å². The highest BCUT2D eigenvalue weighted by molar-refractivity contribution is 9.10. The summed E-state index contributed by atoms with van der Waals surface area (Å²) in [5.74, 6) is 4.70. The summed E-state index contributed by atoms with van der Waals surface area (Å²) < 4.78 is 0.509. The van der Waals surface area contributed by atoms with Crippen LogP contribution in [0.3, 0.4) is 0 Å². The topological polar surface area (TPSA) is 65.2 Å². The summed E-state index contributed by atoms with van der Waals surface area (Å²) in [6, 6.07) is 0. The highest BCUT2D eigenvalue weighted by Gasteiger charge is 2.27. The average molecular weight is 340 g/mol. The standard InChI is InChI=1S/C10H9BrCl2N2O2/c11-6-5(3-4-1-2-4)7(12)9(13)15-8(6)10(16)17-14/h4H,1-3,14H2. The molecule has 1 aliphatic rings. The van der Waals surface area contributed by atoms with E-state index in [4.69, 9.17) is 29.1 Å². The molecule has 1 fully saturated rings. The van der Waals surface area contributed by atoms with Crippen LogP contribution < -0.4 is 5.90 Å². The molecule has 92 valence electrons. The van der Waals surface area contributed by atoms with E-state index in [0.29, 0.717) is 15.4 Å². The molecule has 4 nitrogen and oxygen atoms in total. The minimum atomic E-state index is -0.743. The van der Waals surface area contributed by atoms with Crippen LogP contribution in [0, 0.1) is 5.92 Å². The zero-order valence-corrected chi connectivity index (χ0v) is 11.8. The Morgan fingerprint density at radius 3 is 2.71 bits per heavy atom. The summed E-state index contributed by atoms with van der Waals surface area (Å²) in [6.45, 7) is 0. The Bertz CT molecular complexity index is 478. The first-order chi connectivity index (χ1) is 8.04. The van der Waals surface area contributed by atoms with Crippen LogP contribution in [-0.2, 0) is 11.3 Å². The fourth-order valence-corrected chi connectivity index (χ4v) is 2.68. The van der Waals surface area contributed by atoms with E-state index in [9.17, 15) is 4.79 Å². The average Bonchev–Trinajstić information content (AvgIpc) is 3.12. The molecule has 0 amide bonds. The Hall–Kier alpha value is -0.360. The van der Waals surface area contributed by atoms with E-state index >= 15 is 0 Å². The van der Waals surface area contributed by atoms with Gasteiger partial charge in [-0.2, -0.15) is 5.90 Å². The third kappa shape index (κ3) is 2.73. The lowest BCUT2D eigenvalue weighted by Crippen LogP contribution is -2.14. The lowest BCUT2D eigenvalue weighted by atomic mass is 10.1. The van der Waals surface area contributed by atoms with E-state index in [1.807, 2.05) is 0 Å². The molecule has 0 bridgehead atoms. The van der Waals surface area contributed by atoms with Crippen LogP contribution in [0.25, 0.3) is 0 Å². The highest BCUT2D eigenvalue weighted by Crippen LogP contribution is 2.40. The molecule has 0 aliphatic heterocycles. The van der Waals surface area contributed by atoms with Gasteiger partial charge in [0.2, 0.25) is 0 Å². The molecule has 1 aliphatic carbocycles. The first-order valence-corrected chi connectivity index (χ1v) is 6.54. The van der Waals surface area contributed by atoms with Gasteiger partial charge in [0.25, 0.3) is 0 Å². The Labute approximate surface area is 117 Å². The van der Waals surface area contributed by atoms with Gasteiger partial charge in [0.1, 0.15) is 5.15 Å². The zero-order valence-electron chi connectivity index (χ0n) is 8.67. The molecule has 0 aromatic carbocycles. The summed E-state index contributed by atoms with van der Waals surface area (Å²) in [5, 5.41) is 0.463. The fraction of sp³-hybridized carbons (Fsp3) is 0.400. The summed E-state index contributed by atoms with van der Waals surface area (Å²) in [5.41, 5.74) is 0.840. The Morgan fingerprint density at radius 1 is 1.53 bits per heavy atom. The molecule has 0 saturated heterocycles. The number of hydrogen-bond donors (Lipinski definition) is 1. The van der Waals surface area contributed by atoms with E-state index in [0.717, 1.165) is 12.0 Å². The SMILES string of the molecule is NOC(=O)c1nc(Cl)c(Cl)c(CC2CC2)c1Br. The third-order valence-corrected chi connectivity index (χ3v) is 4.25. The Balaban J connectivity index is 2.47. The van der Waals surface area contributed by atoms with Crippen LogP contribution >= 0.6 is 39.1 Å². The summed E-state index contributed by atoms with van der Waals surface area (Å²) in [7, 11) is 0. The Morgan fingerprint density at radius 2 is 2.18 bits per heavy atom. The van der Waals surface area contributed by atoms with Gasteiger partial charge in [-0.1, -0.05) is 23.2 Å². The second kappa shape index (κ2) is 5.10. The van der Waals surface area contributed by atoms with Crippen molar-refractivity contribution in [2.45, 2.75) is 19.3 Å². The lowest BCUT2D eigenvalue weighted by Gasteiger charge is -2.10. The van der Waals surface area contributed by atoms with E-state index in [1.165, 1.54) is 12.8 Å².